The highest BCUT2D eigenvalue weighted by molar-refractivity contribution is 5.69. The van der Waals surface area contributed by atoms with Crippen molar-refractivity contribution in [1.29, 1.82) is 0 Å². The molecule has 19 heavy (non-hydrogen) atoms. The van der Waals surface area contributed by atoms with Crippen molar-refractivity contribution in [1.82, 2.24) is 10.6 Å². The first kappa shape index (κ1) is 16.3. The van der Waals surface area contributed by atoms with Crippen molar-refractivity contribution in [2.45, 2.75) is 83.9 Å². The molecule has 0 aromatic carbocycles. The van der Waals surface area contributed by atoms with E-state index in [2.05, 4.69) is 24.5 Å². The zero-order valence-corrected chi connectivity index (χ0v) is 13.1. The Labute approximate surface area is 117 Å². The normalized spacial score (nSPS) is 19.4. The molecule has 0 spiro atoms. The fraction of sp³-hybridized carbons (Fsp3) is 0.933. The Morgan fingerprint density at radius 2 is 2.00 bits per heavy atom. The highest BCUT2D eigenvalue weighted by Crippen LogP contribution is 2.31. The maximum absolute atomic E-state index is 11.9. The Bertz CT molecular complexity index is 293. The summed E-state index contributed by atoms with van der Waals surface area (Å²) in [6, 6.07) is 0.503. The topological polar surface area (TPSA) is 50.4 Å². The molecule has 0 heterocycles. The Kier molecular flexibility index (Phi) is 5.65. The summed E-state index contributed by atoms with van der Waals surface area (Å²) in [4.78, 5) is 11.9. The van der Waals surface area contributed by atoms with Crippen LogP contribution in [0.15, 0.2) is 0 Å². The average Bonchev–Trinajstić information content (AvgIpc) is 2.19. The van der Waals surface area contributed by atoms with Crippen molar-refractivity contribution < 1.29 is 9.53 Å². The van der Waals surface area contributed by atoms with E-state index in [-0.39, 0.29) is 11.6 Å². The van der Waals surface area contributed by atoms with E-state index in [1.807, 2.05) is 20.8 Å². The second-order valence-electron chi connectivity index (χ2n) is 6.83. The molecular formula is C15H30N2O2. The van der Waals surface area contributed by atoms with Gasteiger partial charge in [-0.25, -0.2) is 4.79 Å². The molecule has 1 unspecified atom stereocenters. The van der Waals surface area contributed by atoms with E-state index in [4.69, 9.17) is 4.74 Å². The predicted molar refractivity (Wildman–Crippen MR) is 78.3 cm³/mol. The fourth-order valence-corrected chi connectivity index (χ4v) is 2.37. The first-order chi connectivity index (χ1) is 8.76. The van der Waals surface area contributed by atoms with Gasteiger partial charge in [0.05, 0.1) is 5.54 Å². The monoisotopic (exact) mass is 270 g/mol. The second-order valence-corrected chi connectivity index (χ2v) is 6.83. The van der Waals surface area contributed by atoms with Gasteiger partial charge in [0.25, 0.3) is 0 Å². The zero-order chi connectivity index (χ0) is 14.5. The lowest BCUT2D eigenvalue weighted by molar-refractivity contribution is 0.0379. The summed E-state index contributed by atoms with van der Waals surface area (Å²) in [6.07, 6.45) is 5.32. The second kappa shape index (κ2) is 6.60. The van der Waals surface area contributed by atoms with Gasteiger partial charge in [0, 0.05) is 12.6 Å². The Morgan fingerprint density at radius 3 is 2.42 bits per heavy atom. The summed E-state index contributed by atoms with van der Waals surface area (Å²) in [5, 5.41) is 6.58. The van der Waals surface area contributed by atoms with Crippen molar-refractivity contribution in [2.75, 3.05) is 6.54 Å². The van der Waals surface area contributed by atoms with E-state index >= 15 is 0 Å². The van der Waals surface area contributed by atoms with E-state index < -0.39 is 5.60 Å². The molecule has 1 aliphatic carbocycles. The van der Waals surface area contributed by atoms with Gasteiger partial charge >= 0.3 is 6.09 Å². The number of amides is 1. The van der Waals surface area contributed by atoms with Crippen LogP contribution in [0.3, 0.4) is 0 Å². The third-order valence-electron chi connectivity index (χ3n) is 3.59. The minimum absolute atomic E-state index is 0.0929. The Morgan fingerprint density at radius 1 is 1.37 bits per heavy atom. The van der Waals surface area contributed by atoms with Gasteiger partial charge in [0.1, 0.15) is 5.60 Å². The smallest absolute Gasteiger partial charge is 0.408 e. The molecule has 4 nitrogen and oxygen atoms in total. The molecule has 0 radical (unpaired) electrons. The highest BCUT2D eigenvalue weighted by atomic mass is 16.6. The van der Waals surface area contributed by atoms with Crippen molar-refractivity contribution in [3.63, 3.8) is 0 Å². The number of ether oxygens (including phenoxy) is 1. The Hall–Kier alpha value is -0.770. The van der Waals surface area contributed by atoms with Crippen molar-refractivity contribution in [2.24, 2.45) is 0 Å². The molecule has 1 rings (SSSR count). The molecule has 0 aliphatic heterocycles. The summed E-state index contributed by atoms with van der Waals surface area (Å²) >= 11 is 0. The van der Waals surface area contributed by atoms with Crippen LogP contribution in [0, 0.1) is 0 Å². The molecule has 0 bridgehead atoms. The minimum atomic E-state index is -0.433. The van der Waals surface area contributed by atoms with Gasteiger partial charge in [-0.05, 0) is 53.4 Å². The maximum Gasteiger partial charge on any atom is 0.408 e. The largest absolute Gasteiger partial charge is 0.444 e. The average molecular weight is 270 g/mol. The zero-order valence-electron chi connectivity index (χ0n) is 13.1. The minimum Gasteiger partial charge on any atom is -0.444 e. The number of nitrogens with one attached hydrogen (secondary N) is 2. The molecule has 0 saturated heterocycles. The lowest BCUT2D eigenvalue weighted by Gasteiger charge is -2.43. The van der Waals surface area contributed by atoms with Gasteiger partial charge in [-0.15, -0.1) is 0 Å². The molecule has 1 fully saturated rings. The van der Waals surface area contributed by atoms with Gasteiger partial charge in [0.2, 0.25) is 0 Å². The van der Waals surface area contributed by atoms with Crippen LogP contribution in [0.1, 0.15) is 66.7 Å². The SMILES string of the molecule is CCCC(C)NCC1(NC(=O)OC(C)(C)C)CCC1. The molecule has 1 atom stereocenters. The van der Waals surface area contributed by atoms with Crippen LogP contribution in [-0.2, 0) is 4.74 Å². The summed E-state index contributed by atoms with van der Waals surface area (Å²) in [7, 11) is 0. The van der Waals surface area contributed by atoms with E-state index in [9.17, 15) is 4.79 Å². The first-order valence-electron chi connectivity index (χ1n) is 7.51. The summed E-state index contributed by atoms with van der Waals surface area (Å²) in [5.41, 5.74) is -0.526. The fourth-order valence-electron chi connectivity index (χ4n) is 2.37. The van der Waals surface area contributed by atoms with Crippen LogP contribution < -0.4 is 10.6 Å². The summed E-state index contributed by atoms with van der Waals surface area (Å²) in [5.74, 6) is 0. The van der Waals surface area contributed by atoms with Crippen molar-refractivity contribution in [3.8, 4) is 0 Å². The number of hydrogen-bond donors (Lipinski definition) is 2. The van der Waals surface area contributed by atoms with Crippen LogP contribution in [0.4, 0.5) is 4.79 Å². The van der Waals surface area contributed by atoms with Crippen LogP contribution in [0.2, 0.25) is 0 Å². The van der Waals surface area contributed by atoms with E-state index in [1.165, 1.54) is 19.3 Å². The van der Waals surface area contributed by atoms with Crippen LogP contribution in [-0.4, -0.2) is 29.8 Å². The molecule has 1 amide bonds. The van der Waals surface area contributed by atoms with Crippen LogP contribution in [0.5, 0.6) is 0 Å². The summed E-state index contributed by atoms with van der Waals surface area (Å²) < 4.78 is 5.35. The first-order valence-corrected chi connectivity index (χ1v) is 7.51. The molecule has 0 aromatic rings. The van der Waals surface area contributed by atoms with Gasteiger partial charge < -0.3 is 15.4 Å². The number of carbonyl (C=O) groups excluding carboxylic acids is 1. The lowest BCUT2D eigenvalue weighted by Crippen LogP contribution is -2.60. The molecule has 0 aromatic heterocycles. The predicted octanol–water partition coefficient (Wildman–Crippen LogP) is 3.21. The van der Waals surface area contributed by atoms with Gasteiger partial charge in [-0.3, -0.25) is 0 Å². The number of rotatable bonds is 6. The molecule has 1 saturated carbocycles. The van der Waals surface area contributed by atoms with Crippen molar-refractivity contribution in [3.05, 3.63) is 0 Å². The van der Waals surface area contributed by atoms with Crippen LogP contribution in [0.25, 0.3) is 0 Å². The summed E-state index contributed by atoms with van der Waals surface area (Å²) in [6.45, 7) is 10.9. The van der Waals surface area contributed by atoms with Crippen molar-refractivity contribution >= 4 is 6.09 Å². The standard InChI is InChI=1S/C15H30N2O2/c1-6-8-12(2)16-11-15(9-7-10-15)17-13(18)19-14(3,4)5/h12,16H,6-11H2,1-5H3,(H,17,18). The van der Waals surface area contributed by atoms with Crippen LogP contribution >= 0.6 is 0 Å². The third kappa shape index (κ3) is 5.81. The maximum atomic E-state index is 11.9. The lowest BCUT2D eigenvalue weighted by atomic mass is 9.76. The van der Waals surface area contributed by atoms with Gasteiger partial charge in [0.15, 0.2) is 0 Å². The quantitative estimate of drug-likeness (QED) is 0.779. The van der Waals surface area contributed by atoms with E-state index in [1.54, 1.807) is 0 Å². The van der Waals surface area contributed by atoms with Gasteiger partial charge in [-0.2, -0.15) is 0 Å². The molecule has 2 N–H and O–H groups in total. The molecule has 112 valence electrons. The van der Waals surface area contributed by atoms with Gasteiger partial charge in [-0.1, -0.05) is 13.3 Å². The molecule has 4 heteroatoms. The number of alkyl carbamates (subject to hydrolysis) is 1. The van der Waals surface area contributed by atoms with E-state index in [0.717, 1.165) is 19.4 Å². The molecule has 1 aliphatic rings. The Balaban J connectivity index is 2.41. The molecular weight excluding hydrogens is 240 g/mol. The number of hydrogen-bond acceptors (Lipinski definition) is 3. The third-order valence-corrected chi connectivity index (χ3v) is 3.59. The number of carbonyl (C=O) groups is 1. The van der Waals surface area contributed by atoms with E-state index in [0.29, 0.717) is 6.04 Å². The highest BCUT2D eigenvalue weighted by Gasteiger charge is 2.39.